The minimum atomic E-state index is -4.87. The third-order valence-electron chi connectivity index (χ3n) is 8.17. The summed E-state index contributed by atoms with van der Waals surface area (Å²) >= 11 is 6.02. The number of carbonyl (C=O) groups excluding carboxylic acids is 1. The zero-order valence-electron chi connectivity index (χ0n) is 28.9. The average molecular weight is 762 g/mol. The second kappa shape index (κ2) is 17.7. The Balaban J connectivity index is 1.64. The first-order chi connectivity index (χ1) is 23.7. The van der Waals surface area contributed by atoms with E-state index in [2.05, 4.69) is 20.0 Å². The van der Waals surface area contributed by atoms with Gasteiger partial charge in [0.25, 0.3) is 0 Å². The Morgan fingerprint density at radius 2 is 1.88 bits per heavy atom. The summed E-state index contributed by atoms with van der Waals surface area (Å²) in [5.41, 5.74) is 6.52. The van der Waals surface area contributed by atoms with Gasteiger partial charge in [0.1, 0.15) is 35.9 Å². The van der Waals surface area contributed by atoms with E-state index in [1.807, 2.05) is 25.7 Å². The van der Waals surface area contributed by atoms with Crippen LogP contribution < -0.4 is 15.3 Å². The number of halogens is 1. The fourth-order valence-corrected chi connectivity index (χ4v) is 9.19. The van der Waals surface area contributed by atoms with Crippen molar-refractivity contribution in [3.05, 3.63) is 41.9 Å². The van der Waals surface area contributed by atoms with Gasteiger partial charge >= 0.3 is 21.5 Å². The van der Waals surface area contributed by atoms with Crippen LogP contribution in [0.2, 0.25) is 5.28 Å². The van der Waals surface area contributed by atoms with Crippen LogP contribution in [0, 0.1) is 5.92 Å². The summed E-state index contributed by atoms with van der Waals surface area (Å²) in [6.45, 7) is 11.2. The highest BCUT2D eigenvalue weighted by molar-refractivity contribution is 7.64. The third-order valence-corrected chi connectivity index (χ3v) is 12.1. The van der Waals surface area contributed by atoms with Crippen LogP contribution in [0.1, 0.15) is 60.6 Å². The van der Waals surface area contributed by atoms with Crippen LogP contribution in [0.5, 0.6) is 5.75 Å². The normalized spacial score (nSPS) is 22.1. The van der Waals surface area contributed by atoms with Crippen molar-refractivity contribution in [1.82, 2.24) is 29.5 Å². The molecule has 4 N–H and O–H groups in total. The summed E-state index contributed by atoms with van der Waals surface area (Å²) < 4.78 is 65.4. The molecular formula is C30H46ClN7O10P2. The van der Waals surface area contributed by atoms with Crippen LogP contribution in [0.3, 0.4) is 0 Å². The number of nitrogens with zero attached hydrogens (tertiary/aromatic N) is 5. The lowest BCUT2D eigenvalue weighted by Gasteiger charge is -2.32. The Morgan fingerprint density at radius 1 is 1.18 bits per heavy atom. The number of imidazole rings is 1. The largest absolute Gasteiger partial charge is 0.485 e. The fourth-order valence-electron chi connectivity index (χ4n) is 5.26. The summed E-state index contributed by atoms with van der Waals surface area (Å²) in [5, 5.41) is 13.5. The number of para-hydroxylation sites is 1. The molecule has 1 aliphatic heterocycles. The van der Waals surface area contributed by atoms with Crippen molar-refractivity contribution >= 4 is 50.1 Å². The molecule has 20 heteroatoms. The quantitative estimate of drug-likeness (QED) is 0.0611. The van der Waals surface area contributed by atoms with E-state index in [0.717, 1.165) is 0 Å². The number of phosphoric acid groups is 1. The number of aliphatic hydroxyl groups excluding tert-OH is 1. The topological polar surface area (TPSA) is 212 Å². The molecule has 278 valence electrons. The van der Waals surface area contributed by atoms with E-state index < -0.39 is 64.8 Å². The maximum absolute atomic E-state index is 14.6. The molecule has 1 fully saturated rings. The van der Waals surface area contributed by atoms with Gasteiger partial charge in [0.05, 0.1) is 25.6 Å². The molecule has 17 nitrogen and oxygen atoms in total. The highest BCUT2D eigenvalue weighted by Crippen LogP contribution is 2.64. The third kappa shape index (κ3) is 10.0. The lowest BCUT2D eigenvalue weighted by Crippen LogP contribution is -2.42. The molecule has 8 atom stereocenters. The molecular weight excluding hydrogens is 716 g/mol. The van der Waals surface area contributed by atoms with Crippen molar-refractivity contribution in [2.75, 3.05) is 32.0 Å². The number of hydrogen-bond acceptors (Lipinski definition) is 15. The predicted molar refractivity (Wildman–Crippen MR) is 185 cm³/mol. The molecule has 0 aliphatic carbocycles. The second-order valence-electron chi connectivity index (χ2n) is 11.5. The number of benzene rings is 1. The van der Waals surface area contributed by atoms with Gasteiger partial charge in [-0.1, -0.05) is 52.3 Å². The molecule has 0 saturated carbocycles. The van der Waals surface area contributed by atoms with Crippen molar-refractivity contribution < 1.29 is 46.4 Å². The van der Waals surface area contributed by atoms with Gasteiger partial charge in [-0.2, -0.15) is 19.4 Å². The van der Waals surface area contributed by atoms with Crippen LogP contribution >= 0.6 is 27.2 Å². The molecule has 3 aromatic rings. The molecule has 50 heavy (non-hydrogen) atoms. The van der Waals surface area contributed by atoms with Gasteiger partial charge < -0.3 is 24.8 Å². The predicted octanol–water partition coefficient (Wildman–Crippen LogP) is 5.31. The van der Waals surface area contributed by atoms with Gasteiger partial charge in [-0.15, -0.1) is 0 Å². The monoisotopic (exact) mass is 761 g/mol. The van der Waals surface area contributed by atoms with Crippen LogP contribution in [0.25, 0.3) is 11.2 Å². The molecule has 2 aromatic heterocycles. The zero-order chi connectivity index (χ0) is 36.6. The molecule has 1 aliphatic rings. The van der Waals surface area contributed by atoms with E-state index in [4.69, 9.17) is 44.7 Å². The number of nitrogens with two attached hydrogens (primary N) is 1. The van der Waals surface area contributed by atoms with Gasteiger partial charge in [-0.25, -0.2) is 14.1 Å². The highest BCUT2D eigenvalue weighted by Gasteiger charge is 2.47. The molecule has 0 spiro atoms. The van der Waals surface area contributed by atoms with E-state index in [1.165, 1.54) is 23.0 Å². The molecule has 4 rings (SSSR count). The molecule has 0 bridgehead atoms. The number of phosphoric ester groups is 1. The van der Waals surface area contributed by atoms with Crippen LogP contribution in [-0.4, -0.2) is 86.3 Å². The molecule has 0 radical (unpaired) electrons. The molecule has 1 saturated heterocycles. The van der Waals surface area contributed by atoms with Crippen molar-refractivity contribution in [2.45, 2.75) is 85.1 Å². The van der Waals surface area contributed by atoms with E-state index >= 15 is 0 Å². The number of esters is 1. The number of ether oxygens (including phenoxy) is 2. The minimum absolute atomic E-state index is 0.0656. The highest BCUT2D eigenvalue weighted by atomic mass is 35.5. The Kier molecular flexibility index (Phi) is 14.2. The number of nitrogens with one attached hydrogen (secondary N) is 1. The molecule has 4 unspecified atom stereocenters. The van der Waals surface area contributed by atoms with E-state index in [1.54, 1.807) is 39.0 Å². The molecule has 0 amide bonds. The Hall–Kier alpha value is -2.69. The summed E-state index contributed by atoms with van der Waals surface area (Å²) in [6.07, 6.45) is -1.85. The SMILES string of the molecule is CCOC(=O)[C@@H](NP(=O)(Oc1ccccc1)OP(=O)(OC[C@H]1O[C@@H](n2cnc3c(N)nc(Cl)nc32)C[C@H]1O)OC(C)N(CC)CC)C(C)CC. The number of aliphatic hydroxyl groups is 1. The standard InChI is InChI=1S/C30H46ClN7O10P2/c1-7-19(5)25(29(40)43-10-4)36-49(41,47-21-14-12-11-13-15-21)48-50(42,46-20(6)37(8-2)9-3)44-17-23-22(39)16-24(45-23)38-18-33-26-27(32)34-30(31)35-28(26)38/h11-15,18-20,22-25,39H,7-10,16-17H2,1-6H3,(H,36,41)(H2,32,34,35)/t19?,20?,22-,23-,24-,25+,49?,50?/m1/s1. The average Bonchev–Trinajstić information content (AvgIpc) is 3.66. The smallest absolute Gasteiger partial charge is 0.465 e. The van der Waals surface area contributed by atoms with Gasteiger partial charge in [0, 0.05) is 6.42 Å². The Bertz CT molecular complexity index is 1670. The van der Waals surface area contributed by atoms with Crippen LogP contribution in [-0.2, 0) is 36.8 Å². The van der Waals surface area contributed by atoms with Gasteiger partial charge in [0.2, 0.25) is 5.28 Å². The zero-order valence-corrected chi connectivity index (χ0v) is 31.4. The van der Waals surface area contributed by atoms with Crippen LogP contribution in [0.4, 0.5) is 5.82 Å². The number of nitrogen functional groups attached to an aromatic ring is 1. The van der Waals surface area contributed by atoms with Crippen molar-refractivity contribution in [3.8, 4) is 5.75 Å². The van der Waals surface area contributed by atoms with Crippen molar-refractivity contribution in [2.24, 2.45) is 5.92 Å². The first-order valence-corrected chi connectivity index (χ1v) is 19.8. The lowest BCUT2D eigenvalue weighted by molar-refractivity contribution is -0.146. The minimum Gasteiger partial charge on any atom is -0.465 e. The Labute approximate surface area is 296 Å². The summed E-state index contributed by atoms with van der Waals surface area (Å²) in [7, 11) is -9.64. The van der Waals surface area contributed by atoms with Crippen molar-refractivity contribution in [3.63, 3.8) is 0 Å². The molecule has 3 heterocycles. The second-order valence-corrected chi connectivity index (χ2v) is 15.3. The van der Waals surface area contributed by atoms with E-state index in [9.17, 15) is 19.0 Å². The summed E-state index contributed by atoms with van der Waals surface area (Å²) in [4.78, 5) is 27.2. The Morgan fingerprint density at radius 3 is 2.52 bits per heavy atom. The van der Waals surface area contributed by atoms with E-state index in [0.29, 0.717) is 25.0 Å². The summed E-state index contributed by atoms with van der Waals surface area (Å²) in [5.74, 6) is -0.948. The van der Waals surface area contributed by atoms with Crippen molar-refractivity contribution in [1.29, 1.82) is 0 Å². The van der Waals surface area contributed by atoms with Gasteiger partial charge in [0.15, 0.2) is 11.5 Å². The number of carbonyl (C=O) groups is 1. The number of fused-ring (bicyclic) bond motifs is 1. The first-order valence-electron chi connectivity index (χ1n) is 16.4. The fraction of sp³-hybridized carbons (Fsp3) is 0.600. The summed E-state index contributed by atoms with van der Waals surface area (Å²) in [6, 6.07) is 6.84. The maximum Gasteiger partial charge on any atom is 0.485 e. The molecule has 1 aromatic carbocycles. The van der Waals surface area contributed by atoms with E-state index in [-0.39, 0.29) is 35.5 Å². The lowest BCUT2D eigenvalue weighted by atomic mass is 10.0. The number of hydrogen-bond donors (Lipinski definition) is 3. The van der Waals surface area contributed by atoms with Crippen LogP contribution in [0.15, 0.2) is 36.7 Å². The number of anilines is 1. The maximum atomic E-state index is 14.6. The first kappa shape index (κ1) is 40.1. The number of rotatable bonds is 19. The van der Waals surface area contributed by atoms with Gasteiger partial charge in [-0.05, 0) is 56.6 Å². The number of aromatic nitrogens is 4. The van der Waals surface area contributed by atoms with Gasteiger partial charge in [-0.3, -0.25) is 23.3 Å².